The van der Waals surface area contributed by atoms with Gasteiger partial charge in [0.2, 0.25) is 5.88 Å². The second kappa shape index (κ2) is 2.64. The lowest BCUT2D eigenvalue weighted by Crippen LogP contribution is -1.92. The van der Waals surface area contributed by atoms with Crippen LogP contribution in [-0.2, 0) is 0 Å². The molecule has 0 atom stereocenters. The van der Waals surface area contributed by atoms with Crippen molar-refractivity contribution in [2.45, 2.75) is 0 Å². The predicted molar refractivity (Wildman–Crippen MR) is 40.0 cm³/mol. The number of aromatic nitrogens is 1. The van der Waals surface area contributed by atoms with Crippen LogP contribution in [0.2, 0.25) is 5.15 Å². The zero-order valence-corrected chi connectivity index (χ0v) is 6.13. The summed E-state index contributed by atoms with van der Waals surface area (Å²) in [5, 5.41) is 17.2. The smallest absolute Gasteiger partial charge is 0.214 e. The van der Waals surface area contributed by atoms with E-state index in [9.17, 15) is 0 Å². The number of nitrogen functional groups attached to an aromatic ring is 1. The van der Waals surface area contributed by atoms with Gasteiger partial charge in [0.15, 0.2) is 5.15 Å². The van der Waals surface area contributed by atoms with Crippen LogP contribution in [0.25, 0.3) is 0 Å². The van der Waals surface area contributed by atoms with E-state index in [4.69, 9.17) is 27.7 Å². The van der Waals surface area contributed by atoms with E-state index in [1.165, 1.54) is 6.07 Å². The molecule has 11 heavy (non-hydrogen) atoms. The molecule has 56 valence electrons. The minimum atomic E-state index is -0.286. The van der Waals surface area contributed by atoms with Crippen molar-refractivity contribution in [3.63, 3.8) is 0 Å². The summed E-state index contributed by atoms with van der Waals surface area (Å²) in [6, 6.07) is 2.93. The highest BCUT2D eigenvalue weighted by Gasteiger charge is 2.06. The molecule has 0 aliphatic carbocycles. The maximum absolute atomic E-state index is 8.83. The van der Waals surface area contributed by atoms with Gasteiger partial charge in [-0.25, -0.2) is 4.98 Å². The number of pyridine rings is 1. The molecule has 0 unspecified atom stereocenters. The molecule has 0 bridgehead atoms. The van der Waals surface area contributed by atoms with Gasteiger partial charge < -0.3 is 10.8 Å². The Bertz CT molecular complexity index is 308. The van der Waals surface area contributed by atoms with Crippen LogP contribution in [0, 0.1) is 11.3 Å². The third-order valence-corrected chi connectivity index (χ3v) is 1.38. The van der Waals surface area contributed by atoms with E-state index < -0.39 is 0 Å². The zero-order chi connectivity index (χ0) is 8.43. The van der Waals surface area contributed by atoms with Gasteiger partial charge in [-0.3, -0.25) is 0 Å². The second-order valence-corrected chi connectivity index (χ2v) is 2.21. The molecule has 0 fully saturated rings. The molecule has 1 aromatic heterocycles. The molecule has 0 aliphatic rings. The van der Waals surface area contributed by atoms with E-state index in [2.05, 4.69) is 4.98 Å². The van der Waals surface area contributed by atoms with Crippen molar-refractivity contribution >= 4 is 17.3 Å². The number of halogens is 1. The predicted octanol–water partition coefficient (Wildman–Crippen LogP) is 0.894. The van der Waals surface area contributed by atoms with E-state index >= 15 is 0 Å². The first-order valence-corrected chi connectivity index (χ1v) is 3.08. The Balaban J connectivity index is 3.40. The van der Waals surface area contributed by atoms with Gasteiger partial charge >= 0.3 is 0 Å². The number of hydrogen-bond acceptors (Lipinski definition) is 4. The topological polar surface area (TPSA) is 82.9 Å². The van der Waals surface area contributed by atoms with Gasteiger partial charge in [0.1, 0.15) is 11.6 Å². The summed E-state index contributed by atoms with van der Waals surface area (Å²) in [5.74, 6) is -0.286. The minimum Gasteiger partial charge on any atom is -0.493 e. The Morgan fingerprint density at radius 1 is 1.73 bits per heavy atom. The van der Waals surface area contributed by atoms with Crippen LogP contribution >= 0.6 is 11.6 Å². The van der Waals surface area contributed by atoms with Crippen molar-refractivity contribution in [2.24, 2.45) is 0 Å². The summed E-state index contributed by atoms with van der Waals surface area (Å²) in [6.45, 7) is 0. The summed E-state index contributed by atoms with van der Waals surface area (Å²) in [4.78, 5) is 3.42. The number of hydrogen-bond donors (Lipinski definition) is 2. The highest BCUT2D eigenvalue weighted by Crippen LogP contribution is 2.22. The van der Waals surface area contributed by atoms with Crippen molar-refractivity contribution in [1.29, 1.82) is 5.26 Å². The van der Waals surface area contributed by atoms with Gasteiger partial charge in [-0.2, -0.15) is 5.26 Å². The number of nitrogens with two attached hydrogens (primary N) is 1. The third kappa shape index (κ3) is 1.33. The number of anilines is 1. The lowest BCUT2D eigenvalue weighted by atomic mass is 10.2. The molecule has 5 heteroatoms. The number of nitriles is 1. The molecule has 1 aromatic rings. The number of rotatable bonds is 0. The molecule has 0 amide bonds. The molecule has 0 saturated heterocycles. The molecule has 1 heterocycles. The van der Waals surface area contributed by atoms with Gasteiger partial charge in [0.05, 0.1) is 5.69 Å². The minimum absolute atomic E-state index is 0.0787. The standard InChI is InChI=1S/C6H4ClN3O/c7-6-3(2-8)4(9)1-5(11)10-6/h1H,(H3,9,10,11). The quantitative estimate of drug-likeness (QED) is 0.565. The zero-order valence-electron chi connectivity index (χ0n) is 5.37. The van der Waals surface area contributed by atoms with Crippen LogP contribution in [0.4, 0.5) is 5.69 Å². The lowest BCUT2D eigenvalue weighted by molar-refractivity contribution is 0.454. The number of aromatic hydroxyl groups is 1. The first-order chi connectivity index (χ1) is 5.15. The Hall–Kier alpha value is -1.47. The van der Waals surface area contributed by atoms with Gasteiger partial charge in [-0.1, -0.05) is 11.6 Å². The maximum Gasteiger partial charge on any atom is 0.214 e. The molecule has 0 radical (unpaired) electrons. The summed E-state index contributed by atoms with van der Waals surface area (Å²) in [5.41, 5.74) is 5.54. The highest BCUT2D eigenvalue weighted by atomic mass is 35.5. The fourth-order valence-electron chi connectivity index (χ4n) is 0.630. The van der Waals surface area contributed by atoms with Crippen molar-refractivity contribution in [1.82, 2.24) is 4.98 Å². The molecule has 0 aromatic carbocycles. The first-order valence-electron chi connectivity index (χ1n) is 2.70. The van der Waals surface area contributed by atoms with Gasteiger partial charge in [0, 0.05) is 6.07 Å². The van der Waals surface area contributed by atoms with E-state index in [1.54, 1.807) is 6.07 Å². The average molecular weight is 170 g/mol. The van der Waals surface area contributed by atoms with Crippen LogP contribution in [0.3, 0.4) is 0 Å². The van der Waals surface area contributed by atoms with Gasteiger partial charge in [-0.15, -0.1) is 0 Å². The van der Waals surface area contributed by atoms with Crippen molar-refractivity contribution in [3.05, 3.63) is 16.8 Å². The van der Waals surface area contributed by atoms with Crippen LogP contribution in [0.5, 0.6) is 5.88 Å². The number of nitrogens with zero attached hydrogens (tertiary/aromatic N) is 2. The van der Waals surface area contributed by atoms with Crippen molar-refractivity contribution < 1.29 is 5.11 Å². The van der Waals surface area contributed by atoms with Gasteiger partial charge in [-0.05, 0) is 0 Å². The molecule has 4 nitrogen and oxygen atoms in total. The second-order valence-electron chi connectivity index (χ2n) is 1.85. The first kappa shape index (κ1) is 7.63. The Morgan fingerprint density at radius 3 is 2.82 bits per heavy atom. The Labute approximate surface area is 67.8 Å². The van der Waals surface area contributed by atoms with Crippen LogP contribution in [0.15, 0.2) is 6.07 Å². The fourth-order valence-corrected chi connectivity index (χ4v) is 0.868. The third-order valence-electron chi connectivity index (χ3n) is 1.10. The fraction of sp³-hybridized carbons (Fsp3) is 0. The monoisotopic (exact) mass is 169 g/mol. The summed E-state index contributed by atoms with van der Waals surface area (Å²) >= 11 is 5.46. The molecule has 0 saturated carbocycles. The molecule has 0 aliphatic heterocycles. The SMILES string of the molecule is N#Cc1c(N)cc(O)nc1Cl. The molecular formula is C6H4ClN3O. The van der Waals surface area contributed by atoms with E-state index in [-0.39, 0.29) is 22.3 Å². The summed E-state index contributed by atoms with van der Waals surface area (Å²) < 4.78 is 0. The molecule has 1 rings (SSSR count). The van der Waals surface area contributed by atoms with E-state index in [0.29, 0.717) is 0 Å². The van der Waals surface area contributed by atoms with Crippen molar-refractivity contribution in [2.75, 3.05) is 5.73 Å². The molecule has 3 N–H and O–H groups in total. The molecular weight excluding hydrogens is 166 g/mol. The van der Waals surface area contributed by atoms with Crippen LogP contribution in [0.1, 0.15) is 5.56 Å². The molecule has 0 spiro atoms. The van der Waals surface area contributed by atoms with E-state index in [1.807, 2.05) is 0 Å². The normalized spacial score (nSPS) is 9.09. The largest absolute Gasteiger partial charge is 0.493 e. The lowest BCUT2D eigenvalue weighted by Gasteiger charge is -1.98. The summed E-state index contributed by atoms with van der Waals surface area (Å²) in [7, 11) is 0. The van der Waals surface area contributed by atoms with Gasteiger partial charge in [0.25, 0.3) is 0 Å². The Kier molecular flexibility index (Phi) is 1.83. The highest BCUT2D eigenvalue weighted by molar-refractivity contribution is 6.31. The van der Waals surface area contributed by atoms with Crippen LogP contribution in [-0.4, -0.2) is 10.1 Å². The average Bonchev–Trinajstić information content (AvgIpc) is 1.85. The maximum atomic E-state index is 8.83. The van der Waals surface area contributed by atoms with Crippen LogP contribution < -0.4 is 5.73 Å². The Morgan fingerprint density at radius 2 is 2.36 bits per heavy atom. The summed E-state index contributed by atoms with van der Waals surface area (Å²) in [6.07, 6.45) is 0. The van der Waals surface area contributed by atoms with Crippen molar-refractivity contribution in [3.8, 4) is 11.9 Å². The van der Waals surface area contributed by atoms with E-state index in [0.717, 1.165) is 0 Å².